The fraction of sp³-hybridized carbons (Fsp3) is 0.333. The number of hydrogen-bond donors (Lipinski definition) is 1. The molecule has 1 fully saturated rings. The standard InChI is InChI=1S/C9H9ClN2O/c10-8-7(5-1-2-5)3-6(4-12-8)9(11)13/h3-5H,1-2H2,(H2,11,13). The zero-order chi connectivity index (χ0) is 9.42. The fourth-order valence-electron chi connectivity index (χ4n) is 1.28. The van der Waals surface area contributed by atoms with Crippen LogP contribution in [0.2, 0.25) is 5.15 Å². The second-order valence-corrected chi connectivity index (χ2v) is 3.60. The molecule has 0 unspecified atom stereocenters. The van der Waals surface area contributed by atoms with Crippen LogP contribution in [0.4, 0.5) is 0 Å². The number of hydrogen-bond acceptors (Lipinski definition) is 2. The highest BCUT2D eigenvalue weighted by Gasteiger charge is 2.26. The van der Waals surface area contributed by atoms with E-state index >= 15 is 0 Å². The summed E-state index contributed by atoms with van der Waals surface area (Å²) in [6.07, 6.45) is 3.67. The maximum atomic E-state index is 10.8. The van der Waals surface area contributed by atoms with Gasteiger partial charge in [0.1, 0.15) is 5.15 Å². The average Bonchev–Trinajstić information content (AvgIpc) is 2.87. The molecule has 0 spiro atoms. The largest absolute Gasteiger partial charge is 0.366 e. The Hall–Kier alpha value is -1.09. The molecule has 0 saturated heterocycles. The average molecular weight is 197 g/mol. The topological polar surface area (TPSA) is 56.0 Å². The van der Waals surface area contributed by atoms with E-state index in [1.807, 2.05) is 0 Å². The molecule has 0 aromatic carbocycles. The minimum absolute atomic E-state index is 0.436. The van der Waals surface area contributed by atoms with Crippen LogP contribution in [0, 0.1) is 0 Å². The van der Waals surface area contributed by atoms with Crippen molar-refractivity contribution in [2.24, 2.45) is 5.73 Å². The number of pyridine rings is 1. The van der Waals surface area contributed by atoms with Crippen LogP contribution < -0.4 is 5.73 Å². The predicted molar refractivity (Wildman–Crippen MR) is 49.7 cm³/mol. The molecule has 1 aromatic heterocycles. The van der Waals surface area contributed by atoms with Crippen molar-refractivity contribution in [3.63, 3.8) is 0 Å². The third-order valence-corrected chi connectivity index (χ3v) is 2.48. The van der Waals surface area contributed by atoms with Crippen LogP contribution in [0.5, 0.6) is 0 Å². The van der Waals surface area contributed by atoms with Gasteiger partial charge in [-0.1, -0.05) is 11.6 Å². The summed E-state index contributed by atoms with van der Waals surface area (Å²) in [5, 5.41) is 0.493. The Bertz CT molecular complexity index is 361. The zero-order valence-corrected chi connectivity index (χ0v) is 7.71. The number of aromatic nitrogens is 1. The van der Waals surface area contributed by atoms with E-state index in [4.69, 9.17) is 17.3 Å². The maximum absolute atomic E-state index is 10.8. The van der Waals surface area contributed by atoms with Crippen LogP contribution in [0.25, 0.3) is 0 Å². The number of carbonyl (C=O) groups excluding carboxylic acids is 1. The van der Waals surface area contributed by atoms with Crippen molar-refractivity contribution in [2.45, 2.75) is 18.8 Å². The molecule has 1 aromatic rings. The first-order valence-corrected chi connectivity index (χ1v) is 4.51. The van der Waals surface area contributed by atoms with Crippen molar-refractivity contribution in [1.82, 2.24) is 4.98 Å². The van der Waals surface area contributed by atoms with Gasteiger partial charge in [0.2, 0.25) is 5.91 Å². The number of nitrogens with two attached hydrogens (primary N) is 1. The summed E-state index contributed by atoms with van der Waals surface area (Å²) in [4.78, 5) is 14.8. The van der Waals surface area contributed by atoms with Gasteiger partial charge in [-0.05, 0) is 30.4 Å². The quantitative estimate of drug-likeness (QED) is 0.733. The van der Waals surface area contributed by atoms with E-state index in [2.05, 4.69) is 4.98 Å². The molecule has 2 N–H and O–H groups in total. The first-order valence-electron chi connectivity index (χ1n) is 4.13. The first kappa shape index (κ1) is 8.51. The Balaban J connectivity index is 2.41. The van der Waals surface area contributed by atoms with Gasteiger partial charge in [0.25, 0.3) is 0 Å². The number of nitrogens with zero attached hydrogens (tertiary/aromatic N) is 1. The summed E-state index contributed by atoms with van der Waals surface area (Å²) in [7, 11) is 0. The van der Waals surface area contributed by atoms with E-state index in [1.165, 1.54) is 6.20 Å². The van der Waals surface area contributed by atoms with Crippen LogP contribution in [-0.4, -0.2) is 10.9 Å². The molecule has 3 nitrogen and oxygen atoms in total. The second kappa shape index (κ2) is 3.00. The normalized spacial score (nSPS) is 15.8. The number of carbonyl (C=O) groups is 1. The molecule has 0 atom stereocenters. The van der Waals surface area contributed by atoms with Gasteiger partial charge in [-0.25, -0.2) is 4.98 Å². The molecule has 4 heteroatoms. The Kier molecular flexibility index (Phi) is 1.96. The van der Waals surface area contributed by atoms with Gasteiger partial charge in [-0.2, -0.15) is 0 Å². The third kappa shape index (κ3) is 1.65. The number of rotatable bonds is 2. The molecule has 1 aliphatic rings. The van der Waals surface area contributed by atoms with E-state index in [0.29, 0.717) is 16.6 Å². The molecular formula is C9H9ClN2O. The van der Waals surface area contributed by atoms with Crippen molar-refractivity contribution in [2.75, 3.05) is 0 Å². The van der Waals surface area contributed by atoms with Crippen molar-refractivity contribution in [3.05, 3.63) is 28.5 Å². The maximum Gasteiger partial charge on any atom is 0.250 e. The van der Waals surface area contributed by atoms with Crippen molar-refractivity contribution >= 4 is 17.5 Å². The summed E-state index contributed by atoms with van der Waals surface area (Å²) in [5.41, 5.74) is 6.52. The van der Waals surface area contributed by atoms with Crippen LogP contribution in [0.15, 0.2) is 12.3 Å². The molecule has 1 saturated carbocycles. The summed E-state index contributed by atoms with van der Waals surface area (Å²) in [5.74, 6) is 0.0327. The number of amides is 1. The van der Waals surface area contributed by atoms with Crippen LogP contribution in [0.1, 0.15) is 34.7 Å². The van der Waals surface area contributed by atoms with E-state index in [9.17, 15) is 4.79 Å². The van der Waals surface area contributed by atoms with Gasteiger partial charge < -0.3 is 5.73 Å². The SMILES string of the molecule is NC(=O)c1cnc(Cl)c(C2CC2)c1. The second-order valence-electron chi connectivity index (χ2n) is 3.24. The van der Waals surface area contributed by atoms with Crippen molar-refractivity contribution in [1.29, 1.82) is 0 Å². The molecule has 0 bridgehead atoms. The van der Waals surface area contributed by atoms with E-state index in [-0.39, 0.29) is 0 Å². The lowest BCUT2D eigenvalue weighted by molar-refractivity contribution is 0.1000. The van der Waals surface area contributed by atoms with Crippen LogP contribution >= 0.6 is 11.6 Å². The highest BCUT2D eigenvalue weighted by atomic mass is 35.5. The van der Waals surface area contributed by atoms with Crippen molar-refractivity contribution < 1.29 is 4.79 Å². The fourth-order valence-corrected chi connectivity index (χ4v) is 1.54. The van der Waals surface area contributed by atoms with Crippen LogP contribution in [0.3, 0.4) is 0 Å². The molecule has 0 radical (unpaired) electrons. The third-order valence-electron chi connectivity index (χ3n) is 2.17. The molecule has 1 heterocycles. The molecule has 1 amide bonds. The lowest BCUT2D eigenvalue weighted by Gasteiger charge is -2.02. The highest BCUT2D eigenvalue weighted by molar-refractivity contribution is 6.30. The Morgan fingerprint density at radius 2 is 2.31 bits per heavy atom. The lowest BCUT2D eigenvalue weighted by Crippen LogP contribution is -2.11. The lowest BCUT2D eigenvalue weighted by atomic mass is 10.1. The van der Waals surface area contributed by atoms with Gasteiger partial charge in [-0.3, -0.25) is 4.79 Å². The predicted octanol–water partition coefficient (Wildman–Crippen LogP) is 1.71. The highest BCUT2D eigenvalue weighted by Crippen LogP contribution is 2.42. The molecular weight excluding hydrogens is 188 g/mol. The summed E-state index contributed by atoms with van der Waals surface area (Å²) >= 11 is 5.87. The van der Waals surface area contributed by atoms with E-state index in [1.54, 1.807) is 6.07 Å². The zero-order valence-electron chi connectivity index (χ0n) is 6.96. The number of halogens is 1. The van der Waals surface area contributed by atoms with Gasteiger partial charge in [0, 0.05) is 6.20 Å². The summed E-state index contributed by atoms with van der Waals surface area (Å²) in [6.45, 7) is 0. The van der Waals surface area contributed by atoms with E-state index < -0.39 is 5.91 Å². The summed E-state index contributed by atoms with van der Waals surface area (Å²) < 4.78 is 0. The minimum atomic E-state index is -0.453. The smallest absolute Gasteiger partial charge is 0.250 e. The van der Waals surface area contributed by atoms with Gasteiger partial charge in [0.05, 0.1) is 5.56 Å². The summed E-state index contributed by atoms with van der Waals surface area (Å²) in [6, 6.07) is 1.75. The number of primary amides is 1. The molecule has 68 valence electrons. The molecule has 2 rings (SSSR count). The van der Waals surface area contributed by atoms with E-state index in [0.717, 1.165) is 18.4 Å². The minimum Gasteiger partial charge on any atom is -0.366 e. The van der Waals surface area contributed by atoms with Gasteiger partial charge in [-0.15, -0.1) is 0 Å². The Labute approximate surface area is 80.9 Å². The van der Waals surface area contributed by atoms with Crippen molar-refractivity contribution in [3.8, 4) is 0 Å². The Morgan fingerprint density at radius 3 is 2.85 bits per heavy atom. The van der Waals surface area contributed by atoms with Crippen LogP contribution in [-0.2, 0) is 0 Å². The molecule has 1 aliphatic carbocycles. The molecule has 0 aliphatic heterocycles. The monoisotopic (exact) mass is 196 g/mol. The first-order chi connectivity index (χ1) is 6.18. The Morgan fingerprint density at radius 1 is 1.62 bits per heavy atom. The molecule has 13 heavy (non-hydrogen) atoms. The van der Waals surface area contributed by atoms with Gasteiger partial charge >= 0.3 is 0 Å². The van der Waals surface area contributed by atoms with Gasteiger partial charge in [0.15, 0.2) is 0 Å².